The minimum atomic E-state index is -0.0370. The summed E-state index contributed by atoms with van der Waals surface area (Å²) in [5.41, 5.74) is 2.00. The maximum absolute atomic E-state index is 12.2. The minimum Gasteiger partial charge on any atom is -0.376 e. The molecule has 1 aliphatic heterocycles. The predicted octanol–water partition coefficient (Wildman–Crippen LogP) is 3.35. The summed E-state index contributed by atoms with van der Waals surface area (Å²) in [4.78, 5) is 18.5. The van der Waals surface area contributed by atoms with Gasteiger partial charge < -0.3 is 14.4 Å². The summed E-state index contributed by atoms with van der Waals surface area (Å²) < 4.78 is 11.1. The van der Waals surface area contributed by atoms with Gasteiger partial charge >= 0.3 is 0 Å². The van der Waals surface area contributed by atoms with Crippen molar-refractivity contribution in [3.8, 4) is 10.6 Å². The van der Waals surface area contributed by atoms with E-state index in [2.05, 4.69) is 4.98 Å². The molecule has 1 aromatic heterocycles. The zero-order chi connectivity index (χ0) is 17.5. The number of hydrogen-bond acceptors (Lipinski definition) is 5. The second-order valence-corrected chi connectivity index (χ2v) is 7.12. The fraction of sp³-hybridized carbons (Fsp3) is 0.474. The molecule has 1 saturated heterocycles. The van der Waals surface area contributed by atoms with Crippen LogP contribution in [0.15, 0.2) is 35.7 Å². The average molecular weight is 360 g/mol. The van der Waals surface area contributed by atoms with Crippen LogP contribution in [0.1, 0.15) is 25.0 Å². The van der Waals surface area contributed by atoms with Crippen LogP contribution >= 0.6 is 11.3 Å². The highest BCUT2D eigenvalue weighted by atomic mass is 32.1. The van der Waals surface area contributed by atoms with Crippen LogP contribution < -0.4 is 0 Å². The highest BCUT2D eigenvalue weighted by Gasteiger charge is 2.16. The van der Waals surface area contributed by atoms with Gasteiger partial charge in [-0.05, 0) is 19.3 Å². The summed E-state index contributed by atoms with van der Waals surface area (Å²) in [6.07, 6.45) is 3.45. The number of ether oxygens (including phenoxy) is 2. The van der Waals surface area contributed by atoms with E-state index in [1.165, 1.54) is 6.42 Å². The highest BCUT2D eigenvalue weighted by molar-refractivity contribution is 7.13. The van der Waals surface area contributed by atoms with Gasteiger partial charge in [0.25, 0.3) is 0 Å². The molecule has 3 rings (SSSR count). The molecule has 134 valence electrons. The SMILES string of the molecule is CN(Cc1csc(-c2ccccc2)n1)C(=O)COC[C@H]1CCCCO1. The number of rotatable bonds is 7. The molecule has 0 saturated carbocycles. The zero-order valence-corrected chi connectivity index (χ0v) is 15.3. The van der Waals surface area contributed by atoms with E-state index in [1.807, 2.05) is 35.7 Å². The van der Waals surface area contributed by atoms with Crippen molar-refractivity contribution < 1.29 is 14.3 Å². The lowest BCUT2D eigenvalue weighted by Gasteiger charge is -2.23. The Morgan fingerprint density at radius 1 is 1.36 bits per heavy atom. The Morgan fingerprint density at radius 3 is 2.96 bits per heavy atom. The summed E-state index contributed by atoms with van der Waals surface area (Å²) in [6.45, 7) is 1.88. The minimum absolute atomic E-state index is 0.0370. The molecule has 1 amide bonds. The van der Waals surface area contributed by atoms with Crippen LogP contribution in [-0.2, 0) is 20.8 Å². The number of benzene rings is 1. The van der Waals surface area contributed by atoms with Crippen LogP contribution in [0.25, 0.3) is 10.6 Å². The Morgan fingerprint density at radius 2 is 2.20 bits per heavy atom. The van der Waals surface area contributed by atoms with Crippen molar-refractivity contribution in [2.45, 2.75) is 31.9 Å². The van der Waals surface area contributed by atoms with Gasteiger partial charge in [-0.15, -0.1) is 11.3 Å². The Bertz CT molecular complexity index is 668. The number of nitrogens with zero attached hydrogens (tertiary/aromatic N) is 2. The standard InChI is InChI=1S/C19H24N2O3S/c1-21(18(22)13-23-12-17-9-5-6-10-24-17)11-16-14-25-19(20-16)15-7-3-2-4-8-15/h2-4,7-8,14,17H,5-6,9-13H2,1H3/t17-/m1/s1. The fourth-order valence-corrected chi connectivity index (χ4v) is 3.57. The van der Waals surface area contributed by atoms with Crippen molar-refractivity contribution in [2.24, 2.45) is 0 Å². The second-order valence-electron chi connectivity index (χ2n) is 6.26. The quantitative estimate of drug-likeness (QED) is 0.760. The highest BCUT2D eigenvalue weighted by Crippen LogP contribution is 2.23. The van der Waals surface area contributed by atoms with Crippen LogP contribution in [0.2, 0.25) is 0 Å². The number of carbonyl (C=O) groups is 1. The molecule has 6 heteroatoms. The van der Waals surface area contributed by atoms with Crippen LogP contribution in [0, 0.1) is 0 Å². The van der Waals surface area contributed by atoms with Crippen LogP contribution in [0.3, 0.4) is 0 Å². The monoisotopic (exact) mass is 360 g/mol. The molecule has 0 aliphatic carbocycles. The molecule has 0 radical (unpaired) electrons. The summed E-state index contributed by atoms with van der Waals surface area (Å²) in [5.74, 6) is -0.0370. The Hall–Kier alpha value is -1.76. The van der Waals surface area contributed by atoms with Gasteiger partial charge in [0, 0.05) is 24.6 Å². The molecule has 1 aliphatic rings. The molecule has 0 spiro atoms. The number of thiazole rings is 1. The molecule has 1 aromatic carbocycles. The first-order valence-corrected chi connectivity index (χ1v) is 9.53. The van der Waals surface area contributed by atoms with Crippen molar-refractivity contribution in [3.05, 3.63) is 41.4 Å². The van der Waals surface area contributed by atoms with Gasteiger partial charge in [-0.25, -0.2) is 4.98 Å². The largest absolute Gasteiger partial charge is 0.376 e. The third-order valence-corrected chi connectivity index (χ3v) is 5.14. The average Bonchev–Trinajstić information content (AvgIpc) is 3.12. The first kappa shape index (κ1) is 18.0. The summed E-state index contributed by atoms with van der Waals surface area (Å²) in [5, 5.41) is 2.98. The maximum atomic E-state index is 12.2. The lowest BCUT2D eigenvalue weighted by molar-refractivity contribution is -0.137. The molecule has 5 nitrogen and oxygen atoms in total. The topological polar surface area (TPSA) is 51.7 Å². The molecule has 1 fully saturated rings. The third kappa shape index (κ3) is 5.36. The fourth-order valence-electron chi connectivity index (χ4n) is 2.75. The number of carbonyl (C=O) groups excluding carboxylic acids is 1. The Balaban J connectivity index is 1.44. The van der Waals surface area contributed by atoms with Crippen molar-refractivity contribution in [1.29, 1.82) is 0 Å². The summed E-state index contributed by atoms with van der Waals surface area (Å²) in [7, 11) is 1.78. The van der Waals surface area contributed by atoms with E-state index < -0.39 is 0 Å². The van der Waals surface area contributed by atoms with E-state index in [9.17, 15) is 4.79 Å². The van der Waals surface area contributed by atoms with E-state index in [4.69, 9.17) is 9.47 Å². The number of amides is 1. The van der Waals surface area contributed by atoms with E-state index in [-0.39, 0.29) is 18.6 Å². The Labute approximate surface area is 152 Å². The van der Waals surface area contributed by atoms with E-state index in [0.29, 0.717) is 13.2 Å². The summed E-state index contributed by atoms with van der Waals surface area (Å²) in [6, 6.07) is 10.1. The van der Waals surface area contributed by atoms with Gasteiger partial charge in [0.2, 0.25) is 5.91 Å². The molecular formula is C19H24N2O3S. The number of hydrogen-bond donors (Lipinski definition) is 0. The van der Waals surface area contributed by atoms with Crippen molar-refractivity contribution in [2.75, 3.05) is 26.9 Å². The third-order valence-electron chi connectivity index (χ3n) is 4.20. The molecule has 0 bridgehead atoms. The van der Waals surface area contributed by atoms with Gasteiger partial charge in [-0.1, -0.05) is 30.3 Å². The molecule has 1 atom stereocenters. The number of likely N-dealkylation sites (N-methyl/N-ethyl adjacent to an activating group) is 1. The van der Waals surface area contributed by atoms with E-state index in [0.717, 1.165) is 35.7 Å². The maximum Gasteiger partial charge on any atom is 0.248 e. The molecule has 2 aromatic rings. The molecule has 0 unspecified atom stereocenters. The lowest BCUT2D eigenvalue weighted by Crippen LogP contribution is -2.32. The number of aromatic nitrogens is 1. The van der Waals surface area contributed by atoms with Crippen molar-refractivity contribution in [1.82, 2.24) is 9.88 Å². The van der Waals surface area contributed by atoms with Crippen LogP contribution in [0.4, 0.5) is 0 Å². The zero-order valence-electron chi connectivity index (χ0n) is 14.5. The first-order valence-electron chi connectivity index (χ1n) is 8.65. The normalized spacial score (nSPS) is 17.4. The van der Waals surface area contributed by atoms with Gasteiger partial charge in [0.05, 0.1) is 24.9 Å². The molecule has 0 N–H and O–H groups in total. The smallest absolute Gasteiger partial charge is 0.248 e. The van der Waals surface area contributed by atoms with Crippen LogP contribution in [0.5, 0.6) is 0 Å². The van der Waals surface area contributed by atoms with Gasteiger partial charge in [0.15, 0.2) is 0 Å². The molecular weight excluding hydrogens is 336 g/mol. The van der Waals surface area contributed by atoms with Gasteiger partial charge in [-0.2, -0.15) is 0 Å². The van der Waals surface area contributed by atoms with Gasteiger partial charge in [0.1, 0.15) is 11.6 Å². The Kier molecular flexibility index (Phi) is 6.55. The summed E-state index contributed by atoms with van der Waals surface area (Å²) >= 11 is 1.60. The van der Waals surface area contributed by atoms with E-state index in [1.54, 1.807) is 23.3 Å². The molecule has 2 heterocycles. The van der Waals surface area contributed by atoms with Crippen LogP contribution in [-0.4, -0.2) is 48.8 Å². The van der Waals surface area contributed by atoms with Gasteiger partial charge in [-0.3, -0.25) is 4.79 Å². The first-order chi connectivity index (χ1) is 12.2. The lowest BCUT2D eigenvalue weighted by atomic mass is 10.1. The molecule has 25 heavy (non-hydrogen) atoms. The van der Waals surface area contributed by atoms with E-state index >= 15 is 0 Å². The van der Waals surface area contributed by atoms with Crippen molar-refractivity contribution in [3.63, 3.8) is 0 Å². The van der Waals surface area contributed by atoms with Crippen molar-refractivity contribution >= 4 is 17.2 Å². The second kappa shape index (κ2) is 9.08. The predicted molar refractivity (Wildman–Crippen MR) is 98.4 cm³/mol.